The van der Waals surface area contributed by atoms with Gasteiger partial charge in [-0.25, -0.2) is 0 Å². The predicted molar refractivity (Wildman–Crippen MR) is 70.9 cm³/mol. The zero-order chi connectivity index (χ0) is 11.7. The van der Waals surface area contributed by atoms with Gasteiger partial charge in [-0.3, -0.25) is 4.79 Å². The first-order chi connectivity index (χ1) is 8.40. The molecule has 0 aliphatic carbocycles. The van der Waals surface area contributed by atoms with E-state index in [9.17, 15) is 4.79 Å². The van der Waals surface area contributed by atoms with Gasteiger partial charge in [0, 0.05) is 6.42 Å². The van der Waals surface area contributed by atoms with Crippen LogP contribution in [-0.2, 0) is 11.2 Å². The third-order valence-corrected chi connectivity index (χ3v) is 3.14. The summed E-state index contributed by atoms with van der Waals surface area (Å²) in [7, 11) is 0. The van der Waals surface area contributed by atoms with Gasteiger partial charge in [0.2, 0.25) is 6.29 Å². The summed E-state index contributed by atoms with van der Waals surface area (Å²) in [4.78, 5) is 10.6. The van der Waals surface area contributed by atoms with Crippen LogP contribution in [0.25, 0.3) is 21.5 Å². The molecule has 0 bridgehead atoms. The molecule has 3 aromatic rings. The summed E-state index contributed by atoms with van der Waals surface area (Å²) >= 11 is 0. The summed E-state index contributed by atoms with van der Waals surface area (Å²) in [5, 5.41) is 4.82. The maximum absolute atomic E-state index is 10.6. The van der Waals surface area contributed by atoms with Crippen LogP contribution in [0.3, 0.4) is 0 Å². The van der Waals surface area contributed by atoms with E-state index in [2.05, 4.69) is 30.3 Å². The van der Waals surface area contributed by atoms with Gasteiger partial charge < -0.3 is 0 Å². The maximum Gasteiger partial charge on any atom is 0.203 e. The Labute approximate surface area is 99.7 Å². The number of fused-ring (bicyclic) bond motifs is 3. The van der Waals surface area contributed by atoms with E-state index < -0.39 is 0 Å². The lowest BCUT2D eigenvalue weighted by molar-refractivity contribution is 0.555. The highest BCUT2D eigenvalue weighted by Gasteiger charge is 2.03. The quantitative estimate of drug-likeness (QED) is 0.601. The van der Waals surface area contributed by atoms with E-state index in [1.54, 1.807) is 0 Å². The molecule has 3 aromatic carbocycles. The topological polar surface area (TPSA) is 17.1 Å². The van der Waals surface area contributed by atoms with Gasteiger partial charge in [0.05, 0.1) is 0 Å². The van der Waals surface area contributed by atoms with Crippen LogP contribution in [0.15, 0.2) is 54.6 Å². The fourth-order valence-electron chi connectivity index (χ4n) is 2.34. The maximum atomic E-state index is 10.6. The second-order valence-electron chi connectivity index (χ2n) is 4.12. The lowest BCUT2D eigenvalue weighted by Gasteiger charge is -2.06. The van der Waals surface area contributed by atoms with E-state index in [4.69, 9.17) is 0 Å². The van der Waals surface area contributed by atoms with Crippen molar-refractivity contribution in [1.82, 2.24) is 0 Å². The average molecular weight is 219 g/mol. The van der Waals surface area contributed by atoms with Crippen molar-refractivity contribution in [2.45, 2.75) is 6.42 Å². The first-order valence-electron chi connectivity index (χ1n) is 5.64. The molecule has 0 spiro atoms. The lowest BCUT2D eigenvalue weighted by Crippen LogP contribution is -1.88. The summed E-state index contributed by atoms with van der Waals surface area (Å²) in [5.41, 5.74) is 1.04. The predicted octanol–water partition coefficient (Wildman–Crippen LogP) is 3.65. The van der Waals surface area contributed by atoms with Crippen molar-refractivity contribution in [2.24, 2.45) is 0 Å². The van der Waals surface area contributed by atoms with Gasteiger partial charge in [-0.2, -0.15) is 0 Å². The van der Waals surface area contributed by atoms with Crippen molar-refractivity contribution >= 4 is 27.8 Å². The second kappa shape index (κ2) is 4.02. The molecule has 0 aliphatic rings. The average Bonchev–Trinajstić information content (AvgIpc) is 2.39. The van der Waals surface area contributed by atoms with Gasteiger partial charge in [0.1, 0.15) is 0 Å². The van der Waals surface area contributed by atoms with E-state index in [1.807, 2.05) is 30.6 Å². The van der Waals surface area contributed by atoms with Crippen molar-refractivity contribution < 1.29 is 4.79 Å². The standard InChI is InChI=1S/C16H11O/c17-11-10-13-5-3-7-16-14-6-2-1-4-12(14)8-9-15(13)16/h1-9H,10H2. The Kier molecular flexibility index (Phi) is 2.37. The Morgan fingerprint density at radius 1 is 0.765 bits per heavy atom. The molecule has 0 heterocycles. The van der Waals surface area contributed by atoms with E-state index in [0.29, 0.717) is 6.42 Å². The first kappa shape index (κ1) is 10.0. The number of benzene rings is 3. The van der Waals surface area contributed by atoms with Crippen molar-refractivity contribution in [1.29, 1.82) is 0 Å². The summed E-state index contributed by atoms with van der Waals surface area (Å²) in [6, 6.07) is 18.6. The Hall–Kier alpha value is -2.15. The molecule has 0 saturated carbocycles. The summed E-state index contributed by atoms with van der Waals surface area (Å²) < 4.78 is 0. The highest BCUT2D eigenvalue weighted by atomic mass is 16.1. The molecule has 0 fully saturated rings. The Morgan fingerprint density at radius 3 is 2.47 bits per heavy atom. The number of rotatable bonds is 2. The van der Waals surface area contributed by atoms with Gasteiger partial charge in [-0.05, 0) is 27.1 Å². The SMILES string of the molecule is O=[C]Cc1cccc2c1ccc1ccccc12. The van der Waals surface area contributed by atoms with E-state index in [-0.39, 0.29) is 0 Å². The molecule has 0 saturated heterocycles. The van der Waals surface area contributed by atoms with Crippen molar-refractivity contribution in [3.05, 3.63) is 60.2 Å². The molecular weight excluding hydrogens is 208 g/mol. The molecule has 17 heavy (non-hydrogen) atoms. The zero-order valence-corrected chi connectivity index (χ0v) is 9.31. The molecule has 1 nitrogen and oxygen atoms in total. The van der Waals surface area contributed by atoms with Gasteiger partial charge >= 0.3 is 0 Å². The number of hydrogen-bond acceptors (Lipinski definition) is 1. The smallest absolute Gasteiger partial charge is 0.203 e. The highest BCUT2D eigenvalue weighted by Crippen LogP contribution is 2.27. The van der Waals surface area contributed by atoms with Crippen LogP contribution >= 0.6 is 0 Å². The van der Waals surface area contributed by atoms with E-state index >= 15 is 0 Å². The van der Waals surface area contributed by atoms with Crippen LogP contribution in [0.2, 0.25) is 0 Å². The normalized spacial score (nSPS) is 10.8. The number of carbonyl (C=O) groups excluding carboxylic acids is 1. The van der Waals surface area contributed by atoms with Gasteiger partial charge in [0.15, 0.2) is 0 Å². The molecule has 0 aliphatic heterocycles. The van der Waals surface area contributed by atoms with Gasteiger partial charge in [0.25, 0.3) is 0 Å². The number of hydrogen-bond donors (Lipinski definition) is 0. The molecule has 81 valence electrons. The molecule has 0 aromatic heterocycles. The van der Waals surface area contributed by atoms with Crippen LogP contribution < -0.4 is 0 Å². The zero-order valence-electron chi connectivity index (χ0n) is 9.31. The molecule has 1 radical (unpaired) electrons. The van der Waals surface area contributed by atoms with Crippen LogP contribution in [0.4, 0.5) is 0 Å². The van der Waals surface area contributed by atoms with E-state index in [0.717, 1.165) is 10.9 Å². The fraction of sp³-hybridized carbons (Fsp3) is 0.0625. The largest absolute Gasteiger partial charge is 0.291 e. The van der Waals surface area contributed by atoms with Crippen LogP contribution in [0, 0.1) is 0 Å². The first-order valence-corrected chi connectivity index (χ1v) is 5.64. The highest BCUT2D eigenvalue weighted by molar-refractivity contribution is 6.08. The van der Waals surface area contributed by atoms with Crippen LogP contribution in [0.1, 0.15) is 5.56 Å². The monoisotopic (exact) mass is 219 g/mol. The van der Waals surface area contributed by atoms with Crippen molar-refractivity contribution in [3.8, 4) is 0 Å². The van der Waals surface area contributed by atoms with Crippen LogP contribution in [0.5, 0.6) is 0 Å². The van der Waals surface area contributed by atoms with Gasteiger partial charge in [-0.1, -0.05) is 54.6 Å². The summed E-state index contributed by atoms with van der Waals surface area (Å²) in [5.74, 6) is 0. The molecule has 0 amide bonds. The fourth-order valence-corrected chi connectivity index (χ4v) is 2.34. The Bertz CT molecular complexity index is 698. The molecule has 1 heteroatoms. The van der Waals surface area contributed by atoms with Gasteiger partial charge in [-0.15, -0.1) is 0 Å². The molecule has 0 unspecified atom stereocenters. The molecule has 3 rings (SSSR count). The lowest BCUT2D eigenvalue weighted by atomic mass is 9.97. The Balaban J connectivity index is 2.43. The third kappa shape index (κ3) is 1.60. The molecule has 0 atom stereocenters. The molecular formula is C16H11O. The third-order valence-electron chi connectivity index (χ3n) is 3.14. The summed E-state index contributed by atoms with van der Waals surface area (Å²) in [6.45, 7) is 0. The van der Waals surface area contributed by atoms with Crippen molar-refractivity contribution in [3.63, 3.8) is 0 Å². The minimum absolute atomic E-state index is 0.357. The minimum atomic E-state index is 0.357. The van der Waals surface area contributed by atoms with E-state index in [1.165, 1.54) is 16.2 Å². The second-order valence-corrected chi connectivity index (χ2v) is 4.12. The summed E-state index contributed by atoms with van der Waals surface area (Å²) in [6.07, 6.45) is 2.33. The molecule has 0 N–H and O–H groups in total. The Morgan fingerprint density at radius 2 is 1.59 bits per heavy atom. The van der Waals surface area contributed by atoms with Crippen molar-refractivity contribution in [2.75, 3.05) is 0 Å². The van der Waals surface area contributed by atoms with Crippen LogP contribution in [-0.4, -0.2) is 6.29 Å². The minimum Gasteiger partial charge on any atom is -0.291 e.